The number of hydrogen-bond donors (Lipinski definition) is 1. The van der Waals surface area contributed by atoms with Gasteiger partial charge in [0.2, 0.25) is 5.91 Å². The minimum atomic E-state index is -0.355. The van der Waals surface area contributed by atoms with Crippen molar-refractivity contribution in [2.75, 3.05) is 42.3 Å². The lowest BCUT2D eigenvalue weighted by Gasteiger charge is -2.36. The molecular formula is C20H23N5O3S2. The average Bonchev–Trinajstić information content (AvgIpc) is 3.24. The van der Waals surface area contributed by atoms with Crippen molar-refractivity contribution in [2.24, 2.45) is 0 Å². The van der Waals surface area contributed by atoms with Crippen LogP contribution in [0.1, 0.15) is 30.5 Å². The molecule has 0 spiro atoms. The van der Waals surface area contributed by atoms with Gasteiger partial charge in [0.25, 0.3) is 0 Å². The minimum absolute atomic E-state index is 0.155. The van der Waals surface area contributed by atoms with Gasteiger partial charge in [0, 0.05) is 36.7 Å². The molecule has 2 aliphatic rings. The van der Waals surface area contributed by atoms with E-state index in [1.165, 1.54) is 23.1 Å². The van der Waals surface area contributed by atoms with E-state index in [0.29, 0.717) is 42.0 Å². The number of thiazole rings is 1. The van der Waals surface area contributed by atoms with Gasteiger partial charge in [-0.15, -0.1) is 11.3 Å². The molecule has 1 N–H and O–H groups in total. The second kappa shape index (κ2) is 8.89. The van der Waals surface area contributed by atoms with Crippen LogP contribution in [0.3, 0.4) is 0 Å². The molecule has 2 aliphatic heterocycles. The number of nitrogens with one attached hydrogen (secondary N) is 1. The first kappa shape index (κ1) is 21.1. The van der Waals surface area contributed by atoms with E-state index >= 15 is 0 Å². The third-order valence-corrected chi connectivity index (χ3v) is 6.67. The lowest BCUT2D eigenvalue weighted by atomic mass is 9.89. The number of rotatable bonds is 5. The number of carbonyl (C=O) groups is 1. The zero-order valence-electron chi connectivity index (χ0n) is 16.9. The van der Waals surface area contributed by atoms with E-state index in [1.54, 1.807) is 11.6 Å². The fourth-order valence-electron chi connectivity index (χ4n) is 3.56. The molecule has 2 aromatic heterocycles. The maximum atomic E-state index is 12.3. The van der Waals surface area contributed by atoms with Gasteiger partial charge in [0.05, 0.1) is 36.7 Å². The molecule has 4 heterocycles. The van der Waals surface area contributed by atoms with Crippen LogP contribution < -0.4 is 10.2 Å². The van der Waals surface area contributed by atoms with E-state index in [9.17, 15) is 10.1 Å². The Morgan fingerprint density at radius 3 is 2.90 bits per heavy atom. The summed E-state index contributed by atoms with van der Waals surface area (Å²) in [6.07, 6.45) is 2.27. The van der Waals surface area contributed by atoms with Crippen molar-refractivity contribution in [1.29, 1.82) is 5.26 Å². The summed E-state index contributed by atoms with van der Waals surface area (Å²) in [6, 6.07) is 2.34. The van der Waals surface area contributed by atoms with Gasteiger partial charge in [0.15, 0.2) is 5.13 Å². The molecule has 2 aromatic rings. The number of hydrogen-bond acceptors (Lipinski definition) is 9. The highest BCUT2D eigenvalue weighted by atomic mass is 32.2. The molecule has 0 bridgehead atoms. The number of morpholine rings is 1. The average molecular weight is 446 g/mol. The largest absolute Gasteiger partial charge is 0.378 e. The molecular weight excluding hydrogens is 422 g/mol. The molecule has 0 aromatic carbocycles. The number of fused-ring (bicyclic) bond motifs is 1. The Balaban J connectivity index is 1.64. The lowest BCUT2D eigenvalue weighted by molar-refractivity contribution is -0.113. The van der Waals surface area contributed by atoms with Gasteiger partial charge in [-0.3, -0.25) is 4.79 Å². The van der Waals surface area contributed by atoms with Gasteiger partial charge in [-0.25, -0.2) is 9.97 Å². The van der Waals surface area contributed by atoms with Gasteiger partial charge in [0.1, 0.15) is 16.9 Å². The first-order valence-electron chi connectivity index (χ1n) is 9.71. The summed E-state index contributed by atoms with van der Waals surface area (Å²) in [5.41, 5.74) is 2.15. The second-order valence-electron chi connectivity index (χ2n) is 7.68. The van der Waals surface area contributed by atoms with E-state index in [1.807, 2.05) is 13.8 Å². The van der Waals surface area contributed by atoms with Crippen LogP contribution in [0.4, 0.5) is 10.9 Å². The fraction of sp³-hybridized carbons (Fsp3) is 0.500. The van der Waals surface area contributed by atoms with Crippen LogP contribution in [0.2, 0.25) is 0 Å². The normalized spacial score (nSPS) is 17.8. The van der Waals surface area contributed by atoms with Crippen molar-refractivity contribution < 1.29 is 14.3 Å². The third-order valence-electron chi connectivity index (χ3n) is 5.01. The van der Waals surface area contributed by atoms with E-state index in [2.05, 4.69) is 21.3 Å². The Hall–Kier alpha value is -2.19. The predicted molar refractivity (Wildman–Crippen MR) is 116 cm³/mol. The Labute approximate surface area is 183 Å². The summed E-state index contributed by atoms with van der Waals surface area (Å²) >= 11 is 2.65. The summed E-state index contributed by atoms with van der Waals surface area (Å²) in [5, 5.41) is 15.7. The smallest absolute Gasteiger partial charge is 0.236 e. The molecule has 4 rings (SSSR count). The number of thioether (sulfide) groups is 1. The molecule has 30 heavy (non-hydrogen) atoms. The van der Waals surface area contributed by atoms with Gasteiger partial charge in [-0.1, -0.05) is 11.8 Å². The number of amides is 1. The number of nitriles is 1. The molecule has 0 aliphatic carbocycles. The summed E-state index contributed by atoms with van der Waals surface area (Å²) in [5.74, 6) is 0.822. The van der Waals surface area contributed by atoms with Crippen molar-refractivity contribution >= 4 is 40.0 Å². The number of aromatic nitrogens is 2. The van der Waals surface area contributed by atoms with E-state index in [4.69, 9.17) is 14.5 Å². The van der Waals surface area contributed by atoms with Crippen molar-refractivity contribution in [1.82, 2.24) is 9.97 Å². The van der Waals surface area contributed by atoms with Crippen LogP contribution in [0.15, 0.2) is 16.6 Å². The topological polar surface area (TPSA) is 100 Å². The maximum absolute atomic E-state index is 12.3. The Morgan fingerprint density at radius 1 is 1.40 bits per heavy atom. The van der Waals surface area contributed by atoms with Crippen LogP contribution in [0, 0.1) is 11.3 Å². The molecule has 0 atom stereocenters. The van der Waals surface area contributed by atoms with E-state index < -0.39 is 0 Å². The Morgan fingerprint density at radius 2 is 2.20 bits per heavy atom. The van der Waals surface area contributed by atoms with Crippen molar-refractivity contribution in [3.63, 3.8) is 0 Å². The highest BCUT2D eigenvalue weighted by Crippen LogP contribution is 2.38. The number of carbonyl (C=O) groups excluding carboxylic acids is 1. The summed E-state index contributed by atoms with van der Waals surface area (Å²) in [6.45, 7) is 7.24. The highest BCUT2D eigenvalue weighted by molar-refractivity contribution is 8.00. The first-order chi connectivity index (χ1) is 14.5. The monoisotopic (exact) mass is 445 g/mol. The molecule has 10 heteroatoms. The first-order valence-corrected chi connectivity index (χ1v) is 11.6. The number of nitrogens with zero attached hydrogens (tertiary/aromatic N) is 4. The zero-order valence-corrected chi connectivity index (χ0v) is 18.6. The molecule has 0 unspecified atom stereocenters. The second-order valence-corrected chi connectivity index (χ2v) is 9.54. The number of pyridine rings is 1. The summed E-state index contributed by atoms with van der Waals surface area (Å²) in [4.78, 5) is 23.4. The molecule has 1 fully saturated rings. The molecule has 1 saturated heterocycles. The predicted octanol–water partition coefficient (Wildman–Crippen LogP) is 2.83. The van der Waals surface area contributed by atoms with Crippen molar-refractivity contribution in [3.8, 4) is 6.07 Å². The van der Waals surface area contributed by atoms with E-state index in [0.717, 1.165) is 30.0 Å². The number of anilines is 2. The van der Waals surface area contributed by atoms with Gasteiger partial charge >= 0.3 is 0 Å². The highest BCUT2D eigenvalue weighted by Gasteiger charge is 2.33. The summed E-state index contributed by atoms with van der Waals surface area (Å²) < 4.78 is 11.5. The van der Waals surface area contributed by atoms with Crippen LogP contribution >= 0.6 is 23.1 Å². The van der Waals surface area contributed by atoms with Crippen LogP contribution in [0.25, 0.3) is 0 Å². The Bertz CT molecular complexity index is 966. The summed E-state index contributed by atoms with van der Waals surface area (Å²) in [7, 11) is 0. The molecule has 1 amide bonds. The number of ether oxygens (including phenoxy) is 2. The van der Waals surface area contributed by atoms with Crippen molar-refractivity contribution in [3.05, 3.63) is 28.3 Å². The quantitative estimate of drug-likeness (QED) is 0.701. The lowest BCUT2D eigenvalue weighted by Crippen LogP contribution is -2.39. The molecule has 8 nitrogen and oxygen atoms in total. The third kappa shape index (κ3) is 4.59. The van der Waals surface area contributed by atoms with Gasteiger partial charge < -0.3 is 19.7 Å². The standard InChI is InChI=1S/C20H23N5O3S2/c1-20(2)9-13-14(10-21)18(30-12-16(26)23-19-22-3-8-29-19)24-17(15(13)11-28-20)25-4-6-27-7-5-25/h3,8H,4-7,9,11-12H2,1-2H3,(H,22,23,26). The SMILES string of the molecule is CC1(C)Cc2c(C#N)c(SCC(=O)Nc3nccs3)nc(N3CCOCC3)c2CO1. The minimum Gasteiger partial charge on any atom is -0.378 e. The van der Waals surface area contributed by atoms with Crippen LogP contribution in [0.5, 0.6) is 0 Å². The molecule has 0 saturated carbocycles. The van der Waals surface area contributed by atoms with Crippen LogP contribution in [-0.4, -0.2) is 53.5 Å². The van der Waals surface area contributed by atoms with Gasteiger partial charge in [-0.05, 0) is 19.4 Å². The van der Waals surface area contributed by atoms with Crippen LogP contribution in [-0.2, 0) is 27.3 Å². The van der Waals surface area contributed by atoms with E-state index in [-0.39, 0.29) is 17.3 Å². The Kier molecular flexibility index (Phi) is 6.24. The zero-order chi connectivity index (χ0) is 21.1. The molecule has 0 radical (unpaired) electrons. The maximum Gasteiger partial charge on any atom is 0.236 e. The fourth-order valence-corrected chi connectivity index (χ4v) is 4.91. The van der Waals surface area contributed by atoms with Gasteiger partial charge in [-0.2, -0.15) is 5.26 Å². The van der Waals surface area contributed by atoms with Crippen molar-refractivity contribution in [2.45, 2.75) is 37.5 Å². The molecule has 158 valence electrons.